The van der Waals surface area contributed by atoms with Gasteiger partial charge in [-0.25, -0.2) is 4.79 Å². The van der Waals surface area contributed by atoms with E-state index in [1.54, 1.807) is 4.90 Å². The lowest BCUT2D eigenvalue weighted by Crippen LogP contribution is -2.40. The number of amides is 1. The van der Waals surface area contributed by atoms with Crippen LogP contribution in [0.15, 0.2) is 18.2 Å². The summed E-state index contributed by atoms with van der Waals surface area (Å²) in [4.78, 5) is 14.0. The molecule has 1 aliphatic rings. The molecule has 110 valence electrons. The third-order valence-electron chi connectivity index (χ3n) is 3.29. The number of ether oxygens (including phenoxy) is 1. The van der Waals surface area contributed by atoms with Gasteiger partial charge in [-0.05, 0) is 51.3 Å². The molecular weight excluding hydrogens is 252 g/mol. The first kappa shape index (κ1) is 14.7. The second kappa shape index (κ2) is 5.73. The molecule has 0 spiro atoms. The summed E-state index contributed by atoms with van der Waals surface area (Å²) in [6, 6.07) is 6.28. The summed E-state index contributed by atoms with van der Waals surface area (Å²) in [5, 5.41) is 3.36. The van der Waals surface area contributed by atoms with Gasteiger partial charge in [0.2, 0.25) is 0 Å². The fourth-order valence-corrected chi connectivity index (χ4v) is 2.42. The van der Waals surface area contributed by atoms with Crippen molar-refractivity contribution in [3.8, 4) is 0 Å². The second-order valence-electron chi connectivity index (χ2n) is 6.13. The van der Waals surface area contributed by atoms with Gasteiger partial charge in [0.05, 0.1) is 6.54 Å². The zero-order chi connectivity index (χ0) is 14.8. The van der Waals surface area contributed by atoms with Gasteiger partial charge in [0.1, 0.15) is 5.60 Å². The zero-order valence-electron chi connectivity index (χ0n) is 12.8. The van der Waals surface area contributed by atoms with E-state index >= 15 is 0 Å². The molecule has 0 fully saturated rings. The molecule has 4 heteroatoms. The minimum absolute atomic E-state index is 0.227. The summed E-state index contributed by atoms with van der Waals surface area (Å²) in [5.41, 5.74) is 3.21. The summed E-state index contributed by atoms with van der Waals surface area (Å²) in [6.45, 7) is 9.98. The van der Waals surface area contributed by atoms with Gasteiger partial charge in [-0.2, -0.15) is 0 Å². The first-order valence-corrected chi connectivity index (χ1v) is 7.23. The predicted octanol–water partition coefficient (Wildman–Crippen LogP) is 3.41. The quantitative estimate of drug-likeness (QED) is 0.900. The third-order valence-corrected chi connectivity index (χ3v) is 3.29. The fraction of sp³-hybridized carbons (Fsp3) is 0.562. The minimum atomic E-state index is -0.446. The zero-order valence-corrected chi connectivity index (χ0v) is 12.8. The molecule has 0 saturated heterocycles. The molecule has 1 N–H and O–H groups in total. The molecular formula is C16H24N2O2. The molecule has 1 heterocycles. The average molecular weight is 276 g/mol. The lowest BCUT2D eigenvalue weighted by Gasteiger charge is -2.32. The van der Waals surface area contributed by atoms with Crippen molar-refractivity contribution in [2.24, 2.45) is 0 Å². The highest BCUT2D eigenvalue weighted by Crippen LogP contribution is 2.27. The van der Waals surface area contributed by atoms with Crippen molar-refractivity contribution < 1.29 is 9.53 Å². The Hall–Kier alpha value is -1.71. The van der Waals surface area contributed by atoms with Crippen LogP contribution in [0.4, 0.5) is 10.5 Å². The number of benzene rings is 1. The van der Waals surface area contributed by atoms with Crippen molar-refractivity contribution >= 4 is 11.8 Å². The molecule has 0 bridgehead atoms. The van der Waals surface area contributed by atoms with Gasteiger partial charge >= 0.3 is 6.09 Å². The van der Waals surface area contributed by atoms with E-state index in [1.165, 1.54) is 11.1 Å². The Balaban J connectivity index is 2.15. The molecule has 0 aromatic heterocycles. The van der Waals surface area contributed by atoms with E-state index in [4.69, 9.17) is 4.74 Å². The van der Waals surface area contributed by atoms with E-state index in [-0.39, 0.29) is 6.09 Å². The lowest BCUT2D eigenvalue weighted by atomic mass is 9.98. The van der Waals surface area contributed by atoms with Crippen LogP contribution in [0.25, 0.3) is 0 Å². The van der Waals surface area contributed by atoms with Gasteiger partial charge in [-0.1, -0.05) is 12.1 Å². The number of fused-ring (bicyclic) bond motifs is 1. The molecule has 1 aromatic rings. The first-order valence-electron chi connectivity index (χ1n) is 7.23. The normalized spacial score (nSPS) is 14.7. The van der Waals surface area contributed by atoms with Crippen LogP contribution in [0.5, 0.6) is 0 Å². The maximum absolute atomic E-state index is 12.2. The summed E-state index contributed by atoms with van der Waals surface area (Å²) < 4.78 is 5.46. The summed E-state index contributed by atoms with van der Waals surface area (Å²) in [6.07, 6.45) is 0.655. The van der Waals surface area contributed by atoms with Crippen LogP contribution in [-0.4, -0.2) is 29.7 Å². The largest absolute Gasteiger partial charge is 0.444 e. The number of rotatable bonds is 2. The van der Waals surface area contributed by atoms with Crippen molar-refractivity contribution in [3.63, 3.8) is 0 Å². The molecule has 1 aromatic carbocycles. The highest BCUT2D eigenvalue weighted by atomic mass is 16.6. The Morgan fingerprint density at radius 3 is 2.80 bits per heavy atom. The van der Waals surface area contributed by atoms with Gasteiger partial charge in [0.25, 0.3) is 0 Å². The van der Waals surface area contributed by atoms with Gasteiger partial charge in [-0.3, -0.25) is 0 Å². The Kier molecular flexibility index (Phi) is 4.21. The Morgan fingerprint density at radius 2 is 2.15 bits per heavy atom. The number of anilines is 1. The van der Waals surface area contributed by atoms with Gasteiger partial charge in [-0.15, -0.1) is 0 Å². The SMILES string of the molecule is CCNc1cccc2c1CN(C(=O)OC(C)(C)C)CC2. The number of hydrogen-bond acceptors (Lipinski definition) is 3. The standard InChI is InChI=1S/C16H24N2O2/c1-5-17-14-8-6-7-12-9-10-18(11-13(12)14)15(19)20-16(2,3)4/h6-8,17H,5,9-11H2,1-4H3. The third kappa shape index (κ3) is 3.44. The van der Waals surface area contributed by atoms with E-state index in [0.29, 0.717) is 6.54 Å². The lowest BCUT2D eigenvalue weighted by molar-refractivity contribution is 0.0224. The molecule has 0 unspecified atom stereocenters. The smallest absolute Gasteiger partial charge is 0.410 e. The van der Waals surface area contributed by atoms with E-state index in [1.807, 2.05) is 20.8 Å². The van der Waals surface area contributed by atoms with Gasteiger partial charge in [0.15, 0.2) is 0 Å². The van der Waals surface area contributed by atoms with Crippen LogP contribution in [0, 0.1) is 0 Å². The average Bonchev–Trinajstić information content (AvgIpc) is 2.37. The highest BCUT2D eigenvalue weighted by Gasteiger charge is 2.26. The van der Waals surface area contributed by atoms with Crippen LogP contribution in [0.1, 0.15) is 38.8 Å². The van der Waals surface area contributed by atoms with Gasteiger partial charge in [0, 0.05) is 18.8 Å². The van der Waals surface area contributed by atoms with Crippen molar-refractivity contribution in [1.29, 1.82) is 0 Å². The van der Waals surface area contributed by atoms with Crippen molar-refractivity contribution in [2.45, 2.75) is 46.3 Å². The van der Waals surface area contributed by atoms with E-state index < -0.39 is 5.60 Å². The molecule has 0 saturated carbocycles. The maximum Gasteiger partial charge on any atom is 0.410 e. The molecule has 1 amide bonds. The van der Waals surface area contributed by atoms with E-state index in [9.17, 15) is 4.79 Å². The molecule has 0 aliphatic carbocycles. The van der Waals surface area contributed by atoms with E-state index in [2.05, 4.69) is 30.4 Å². The fourth-order valence-electron chi connectivity index (χ4n) is 2.42. The summed E-state index contributed by atoms with van der Waals surface area (Å²) in [7, 11) is 0. The molecule has 2 rings (SSSR count). The number of hydrogen-bond donors (Lipinski definition) is 1. The summed E-state index contributed by atoms with van der Waals surface area (Å²) in [5.74, 6) is 0. The van der Waals surface area contributed by atoms with Gasteiger partial charge < -0.3 is 15.0 Å². The Morgan fingerprint density at radius 1 is 1.40 bits per heavy atom. The van der Waals surface area contributed by atoms with Crippen molar-refractivity contribution in [2.75, 3.05) is 18.4 Å². The van der Waals surface area contributed by atoms with Crippen molar-refractivity contribution in [1.82, 2.24) is 4.90 Å². The van der Waals surface area contributed by atoms with Crippen LogP contribution in [-0.2, 0) is 17.7 Å². The topological polar surface area (TPSA) is 41.6 Å². The number of carbonyl (C=O) groups is 1. The first-order chi connectivity index (χ1) is 9.40. The van der Waals surface area contributed by atoms with Crippen LogP contribution >= 0.6 is 0 Å². The van der Waals surface area contributed by atoms with Crippen LogP contribution in [0.3, 0.4) is 0 Å². The minimum Gasteiger partial charge on any atom is -0.444 e. The number of nitrogens with zero attached hydrogens (tertiary/aromatic N) is 1. The molecule has 0 radical (unpaired) electrons. The monoisotopic (exact) mass is 276 g/mol. The second-order valence-corrected chi connectivity index (χ2v) is 6.13. The molecule has 1 aliphatic heterocycles. The van der Waals surface area contributed by atoms with Crippen LogP contribution in [0.2, 0.25) is 0 Å². The predicted molar refractivity (Wildman–Crippen MR) is 81.0 cm³/mol. The Labute approximate surface area is 121 Å². The van der Waals surface area contributed by atoms with Crippen molar-refractivity contribution in [3.05, 3.63) is 29.3 Å². The molecule has 4 nitrogen and oxygen atoms in total. The molecule has 0 atom stereocenters. The van der Waals surface area contributed by atoms with Crippen LogP contribution < -0.4 is 5.32 Å². The number of nitrogens with one attached hydrogen (secondary N) is 1. The van der Waals surface area contributed by atoms with E-state index in [0.717, 1.165) is 25.2 Å². The maximum atomic E-state index is 12.2. The molecule has 20 heavy (non-hydrogen) atoms. The summed E-state index contributed by atoms with van der Waals surface area (Å²) >= 11 is 0. The number of carbonyl (C=O) groups excluding carboxylic acids is 1. The highest BCUT2D eigenvalue weighted by molar-refractivity contribution is 5.69. The Bertz CT molecular complexity index is 492.